The number of carbonyl (C=O) groups is 1. The third kappa shape index (κ3) is 3.52. The average molecular weight is 352 g/mol. The van der Waals surface area contributed by atoms with Crippen LogP contribution in [0.5, 0.6) is 5.75 Å². The first-order valence-electron chi connectivity index (χ1n) is 8.35. The molecule has 26 heavy (non-hydrogen) atoms. The van der Waals surface area contributed by atoms with E-state index in [9.17, 15) is 9.18 Å². The molecule has 0 saturated heterocycles. The molecule has 0 aliphatic heterocycles. The van der Waals surface area contributed by atoms with Crippen LogP contribution in [0.4, 0.5) is 4.39 Å². The molecular formula is C21H21FN2O2. The Hall–Kier alpha value is -2.95. The molecular weight excluding hydrogens is 331 g/mol. The Balaban J connectivity index is 1.87. The molecule has 0 fully saturated rings. The number of aryl methyl sites for hydroxylation is 2. The quantitative estimate of drug-likeness (QED) is 0.704. The van der Waals surface area contributed by atoms with Crippen LogP contribution >= 0.6 is 0 Å². The van der Waals surface area contributed by atoms with Gasteiger partial charge in [0, 0.05) is 19.0 Å². The summed E-state index contributed by atoms with van der Waals surface area (Å²) in [6.45, 7) is 4.13. The fraction of sp³-hybridized carbons (Fsp3) is 0.238. The highest BCUT2D eigenvalue weighted by Crippen LogP contribution is 2.21. The number of hydrogen-bond acceptors (Lipinski definition) is 3. The van der Waals surface area contributed by atoms with Crippen molar-refractivity contribution in [2.24, 2.45) is 0 Å². The summed E-state index contributed by atoms with van der Waals surface area (Å²) in [6.07, 6.45) is 0. The summed E-state index contributed by atoms with van der Waals surface area (Å²) in [5.74, 6) is -0.396. The Morgan fingerprint density at radius 2 is 1.92 bits per heavy atom. The number of methoxy groups -OCH3 is 1. The maximum Gasteiger partial charge on any atom is 0.255 e. The van der Waals surface area contributed by atoms with Gasteiger partial charge >= 0.3 is 0 Å². The fourth-order valence-corrected chi connectivity index (χ4v) is 2.97. The number of carbonyl (C=O) groups excluding carboxylic acids is 1. The normalized spacial score (nSPS) is 10.8. The van der Waals surface area contributed by atoms with E-state index in [2.05, 4.69) is 4.98 Å². The number of halogens is 1. The van der Waals surface area contributed by atoms with Gasteiger partial charge < -0.3 is 9.64 Å². The van der Waals surface area contributed by atoms with Crippen LogP contribution in [0.3, 0.4) is 0 Å². The molecule has 0 spiro atoms. The number of rotatable bonds is 4. The second-order valence-corrected chi connectivity index (χ2v) is 6.45. The average Bonchev–Trinajstić information content (AvgIpc) is 2.61. The third-order valence-corrected chi connectivity index (χ3v) is 4.37. The minimum absolute atomic E-state index is 0.144. The van der Waals surface area contributed by atoms with E-state index in [0.29, 0.717) is 23.4 Å². The second kappa shape index (κ2) is 7.12. The molecule has 1 amide bonds. The van der Waals surface area contributed by atoms with Crippen LogP contribution in [0.2, 0.25) is 0 Å². The lowest BCUT2D eigenvalue weighted by molar-refractivity contribution is 0.0784. The summed E-state index contributed by atoms with van der Waals surface area (Å²) < 4.78 is 18.8. The summed E-state index contributed by atoms with van der Waals surface area (Å²) in [4.78, 5) is 19.0. The van der Waals surface area contributed by atoms with Gasteiger partial charge in [0.2, 0.25) is 0 Å². The van der Waals surface area contributed by atoms with Crippen LogP contribution in [-0.4, -0.2) is 29.9 Å². The van der Waals surface area contributed by atoms with Gasteiger partial charge in [-0.05, 0) is 49.7 Å². The Bertz CT molecular complexity index is 985. The Labute approximate surface area is 152 Å². The first kappa shape index (κ1) is 17.9. The third-order valence-electron chi connectivity index (χ3n) is 4.37. The molecule has 0 radical (unpaired) electrons. The van der Waals surface area contributed by atoms with E-state index in [1.807, 2.05) is 38.1 Å². The van der Waals surface area contributed by atoms with Crippen LogP contribution in [0.25, 0.3) is 10.9 Å². The van der Waals surface area contributed by atoms with E-state index in [1.54, 1.807) is 24.1 Å². The molecule has 0 N–H and O–H groups in total. The fourth-order valence-electron chi connectivity index (χ4n) is 2.97. The van der Waals surface area contributed by atoms with Crippen molar-refractivity contribution in [2.45, 2.75) is 20.4 Å². The maximum atomic E-state index is 13.9. The van der Waals surface area contributed by atoms with Crippen LogP contribution in [0.15, 0.2) is 42.5 Å². The molecule has 0 aliphatic carbocycles. The summed E-state index contributed by atoms with van der Waals surface area (Å²) in [5.41, 5.74) is 3.91. The van der Waals surface area contributed by atoms with Gasteiger partial charge in [0.05, 0.1) is 23.9 Å². The van der Waals surface area contributed by atoms with Crippen molar-refractivity contribution in [3.8, 4) is 5.75 Å². The van der Waals surface area contributed by atoms with E-state index in [0.717, 1.165) is 16.5 Å². The monoisotopic (exact) mass is 352 g/mol. The maximum absolute atomic E-state index is 13.9. The van der Waals surface area contributed by atoms with Gasteiger partial charge in [-0.3, -0.25) is 9.78 Å². The molecule has 0 atom stereocenters. The topological polar surface area (TPSA) is 42.4 Å². The molecule has 3 aromatic rings. The van der Waals surface area contributed by atoms with Crippen molar-refractivity contribution in [1.29, 1.82) is 0 Å². The highest BCUT2D eigenvalue weighted by Gasteiger charge is 2.17. The number of nitrogens with zero attached hydrogens (tertiary/aromatic N) is 2. The van der Waals surface area contributed by atoms with E-state index < -0.39 is 5.82 Å². The number of benzene rings is 2. The van der Waals surface area contributed by atoms with E-state index in [4.69, 9.17) is 4.74 Å². The van der Waals surface area contributed by atoms with Gasteiger partial charge in [-0.2, -0.15) is 0 Å². The van der Waals surface area contributed by atoms with Gasteiger partial charge in [-0.15, -0.1) is 0 Å². The second-order valence-electron chi connectivity index (χ2n) is 6.45. The number of hydrogen-bond donors (Lipinski definition) is 0. The van der Waals surface area contributed by atoms with Gasteiger partial charge in [0.1, 0.15) is 0 Å². The van der Waals surface area contributed by atoms with Crippen LogP contribution in [0, 0.1) is 19.7 Å². The van der Waals surface area contributed by atoms with Gasteiger partial charge in [-0.1, -0.05) is 17.7 Å². The largest absolute Gasteiger partial charge is 0.494 e. The number of pyridine rings is 1. The number of ether oxygens (including phenoxy) is 1. The molecule has 1 aromatic heterocycles. The molecule has 0 unspecified atom stereocenters. The van der Waals surface area contributed by atoms with Crippen molar-refractivity contribution in [3.63, 3.8) is 0 Å². The van der Waals surface area contributed by atoms with Crippen molar-refractivity contribution in [1.82, 2.24) is 9.88 Å². The van der Waals surface area contributed by atoms with Crippen LogP contribution < -0.4 is 4.74 Å². The molecule has 1 heterocycles. The Kier molecular flexibility index (Phi) is 4.89. The standard InChI is InChI=1S/C21H21FN2O2/c1-13-5-7-19-16(9-13)11-17(14(2)23-19)21(25)24(3)12-15-6-8-20(26-4)18(22)10-15/h5-11H,12H2,1-4H3. The van der Waals surface area contributed by atoms with Crippen molar-refractivity contribution in [3.05, 3.63) is 70.7 Å². The molecule has 4 nitrogen and oxygen atoms in total. The van der Waals surface area contributed by atoms with Gasteiger partial charge in [-0.25, -0.2) is 4.39 Å². The SMILES string of the molecule is COc1ccc(CN(C)C(=O)c2cc3cc(C)ccc3nc2C)cc1F. The van der Waals surface area contributed by atoms with Crippen LogP contribution in [-0.2, 0) is 6.54 Å². The molecule has 5 heteroatoms. The predicted molar refractivity (Wildman–Crippen MR) is 100.0 cm³/mol. The summed E-state index contributed by atoms with van der Waals surface area (Å²) in [7, 11) is 3.12. The Morgan fingerprint density at radius 1 is 1.15 bits per heavy atom. The summed E-state index contributed by atoms with van der Waals surface area (Å²) in [5, 5.41) is 0.933. The zero-order valence-electron chi connectivity index (χ0n) is 15.3. The molecule has 3 rings (SSSR count). The van der Waals surface area contributed by atoms with Gasteiger partial charge in [0.15, 0.2) is 11.6 Å². The van der Waals surface area contributed by atoms with Crippen molar-refractivity contribution in [2.75, 3.05) is 14.2 Å². The zero-order valence-corrected chi connectivity index (χ0v) is 15.3. The highest BCUT2D eigenvalue weighted by atomic mass is 19.1. The zero-order chi connectivity index (χ0) is 18.8. The smallest absolute Gasteiger partial charge is 0.255 e. The molecule has 0 bridgehead atoms. The number of amides is 1. The van der Waals surface area contributed by atoms with Gasteiger partial charge in [0.25, 0.3) is 5.91 Å². The predicted octanol–water partition coefficient (Wildman–Crippen LogP) is 4.27. The lowest BCUT2D eigenvalue weighted by Crippen LogP contribution is -2.27. The minimum atomic E-state index is -0.440. The lowest BCUT2D eigenvalue weighted by Gasteiger charge is -2.19. The van der Waals surface area contributed by atoms with Crippen molar-refractivity contribution < 1.29 is 13.9 Å². The summed E-state index contributed by atoms with van der Waals surface area (Å²) in [6, 6.07) is 12.5. The van der Waals surface area contributed by atoms with E-state index in [1.165, 1.54) is 13.2 Å². The van der Waals surface area contributed by atoms with E-state index in [-0.39, 0.29) is 11.7 Å². The number of fused-ring (bicyclic) bond motifs is 1. The molecule has 0 aliphatic rings. The molecule has 0 saturated carbocycles. The van der Waals surface area contributed by atoms with Crippen LogP contribution in [0.1, 0.15) is 27.2 Å². The first-order valence-corrected chi connectivity index (χ1v) is 8.35. The highest BCUT2D eigenvalue weighted by molar-refractivity contribution is 5.98. The van der Waals surface area contributed by atoms with E-state index >= 15 is 0 Å². The number of aromatic nitrogens is 1. The Morgan fingerprint density at radius 3 is 2.62 bits per heavy atom. The lowest BCUT2D eigenvalue weighted by atomic mass is 10.1. The minimum Gasteiger partial charge on any atom is -0.494 e. The summed E-state index contributed by atoms with van der Waals surface area (Å²) >= 11 is 0. The van der Waals surface area contributed by atoms with Crippen molar-refractivity contribution >= 4 is 16.8 Å². The molecule has 2 aromatic carbocycles. The molecule has 134 valence electrons. The first-order chi connectivity index (χ1) is 12.4.